The maximum Gasteiger partial charge on any atom is 0.310 e. The molecule has 0 saturated heterocycles. The molecule has 0 aromatic rings. The molecule has 0 radical (unpaired) electrons. The second-order valence-electron chi connectivity index (χ2n) is 6.82. The van der Waals surface area contributed by atoms with Gasteiger partial charge in [-0.15, -0.1) is 0 Å². The first-order chi connectivity index (χ1) is 11.1. The molecule has 1 aliphatic rings. The van der Waals surface area contributed by atoms with E-state index in [9.17, 15) is 9.59 Å². The van der Waals surface area contributed by atoms with E-state index in [0.29, 0.717) is 19.1 Å². The van der Waals surface area contributed by atoms with Crippen molar-refractivity contribution < 1.29 is 14.3 Å². The average Bonchev–Trinajstić information content (AvgIpc) is 2.49. The maximum atomic E-state index is 12.4. The van der Waals surface area contributed by atoms with Crippen LogP contribution in [-0.2, 0) is 14.3 Å². The second-order valence-corrected chi connectivity index (χ2v) is 6.82. The minimum Gasteiger partial charge on any atom is -0.466 e. The van der Waals surface area contributed by atoms with Gasteiger partial charge >= 0.3 is 5.97 Å². The molecule has 1 unspecified atom stereocenters. The van der Waals surface area contributed by atoms with Crippen LogP contribution >= 0.6 is 0 Å². The van der Waals surface area contributed by atoms with E-state index < -0.39 is 0 Å². The molecule has 1 aliphatic carbocycles. The Morgan fingerprint density at radius 1 is 0.957 bits per heavy atom. The SMILES string of the molecule is CCOC(=O)C(CNC(C)=O)C1CCCCCCCCCCC1. The summed E-state index contributed by atoms with van der Waals surface area (Å²) in [6, 6.07) is 0. The molecule has 1 amide bonds. The first-order valence-electron chi connectivity index (χ1n) is 9.56. The smallest absolute Gasteiger partial charge is 0.310 e. The first-order valence-corrected chi connectivity index (χ1v) is 9.56. The van der Waals surface area contributed by atoms with E-state index >= 15 is 0 Å². The van der Waals surface area contributed by atoms with Crippen LogP contribution in [0, 0.1) is 11.8 Å². The molecule has 0 heterocycles. The lowest BCUT2D eigenvalue weighted by atomic mass is 9.83. The van der Waals surface area contributed by atoms with Crippen LogP contribution in [0.15, 0.2) is 0 Å². The Balaban J connectivity index is 2.66. The highest BCUT2D eigenvalue weighted by atomic mass is 16.5. The summed E-state index contributed by atoms with van der Waals surface area (Å²) in [7, 11) is 0. The van der Waals surface area contributed by atoms with E-state index in [1.54, 1.807) is 0 Å². The summed E-state index contributed by atoms with van der Waals surface area (Å²) < 4.78 is 5.27. The third-order valence-electron chi connectivity index (χ3n) is 4.88. The summed E-state index contributed by atoms with van der Waals surface area (Å²) in [4.78, 5) is 23.6. The summed E-state index contributed by atoms with van der Waals surface area (Å²) in [5.74, 6) is -0.0760. The Morgan fingerprint density at radius 3 is 1.87 bits per heavy atom. The van der Waals surface area contributed by atoms with Gasteiger partial charge in [0.25, 0.3) is 0 Å². The van der Waals surface area contributed by atoms with Crippen molar-refractivity contribution >= 4 is 11.9 Å². The first kappa shape index (κ1) is 20.0. The Hall–Kier alpha value is -1.06. The van der Waals surface area contributed by atoms with Crippen LogP contribution in [0.25, 0.3) is 0 Å². The van der Waals surface area contributed by atoms with E-state index in [-0.39, 0.29) is 17.8 Å². The van der Waals surface area contributed by atoms with Gasteiger partial charge < -0.3 is 10.1 Å². The number of carbonyl (C=O) groups is 2. The van der Waals surface area contributed by atoms with Gasteiger partial charge in [0.05, 0.1) is 12.5 Å². The van der Waals surface area contributed by atoms with E-state index in [1.807, 2.05) is 6.92 Å². The number of hydrogen-bond acceptors (Lipinski definition) is 3. The lowest BCUT2D eigenvalue weighted by molar-refractivity contribution is -0.150. The highest BCUT2D eigenvalue weighted by Crippen LogP contribution is 2.28. The fourth-order valence-corrected chi connectivity index (χ4v) is 3.54. The zero-order valence-corrected chi connectivity index (χ0v) is 15.1. The lowest BCUT2D eigenvalue weighted by Crippen LogP contribution is -2.37. The molecule has 4 heteroatoms. The Bertz CT molecular complexity index is 332. The van der Waals surface area contributed by atoms with Gasteiger partial charge in [-0.3, -0.25) is 9.59 Å². The summed E-state index contributed by atoms with van der Waals surface area (Å²) in [6.07, 6.45) is 13.7. The molecule has 1 atom stereocenters. The predicted octanol–water partition coefficient (Wildman–Crippen LogP) is 4.22. The normalized spacial score (nSPS) is 19.9. The van der Waals surface area contributed by atoms with Crippen LogP contribution in [0.4, 0.5) is 0 Å². The third-order valence-corrected chi connectivity index (χ3v) is 4.88. The molecule has 1 N–H and O–H groups in total. The molecule has 0 aromatic heterocycles. The molecule has 4 nitrogen and oxygen atoms in total. The van der Waals surface area contributed by atoms with Crippen LogP contribution in [-0.4, -0.2) is 25.0 Å². The average molecular weight is 325 g/mol. The summed E-state index contributed by atoms with van der Waals surface area (Å²) in [6.45, 7) is 4.17. The van der Waals surface area contributed by atoms with E-state index in [0.717, 1.165) is 12.8 Å². The number of rotatable bonds is 5. The van der Waals surface area contributed by atoms with Crippen molar-refractivity contribution in [2.45, 2.75) is 84.5 Å². The number of amides is 1. The van der Waals surface area contributed by atoms with Gasteiger partial charge in [0.1, 0.15) is 0 Å². The summed E-state index contributed by atoms with van der Waals surface area (Å²) >= 11 is 0. The van der Waals surface area contributed by atoms with Crippen LogP contribution in [0.1, 0.15) is 84.5 Å². The van der Waals surface area contributed by atoms with Gasteiger partial charge in [-0.25, -0.2) is 0 Å². The highest BCUT2D eigenvalue weighted by molar-refractivity contribution is 5.76. The fourth-order valence-electron chi connectivity index (χ4n) is 3.54. The van der Waals surface area contributed by atoms with E-state index in [4.69, 9.17) is 4.74 Å². The predicted molar refractivity (Wildman–Crippen MR) is 93.1 cm³/mol. The topological polar surface area (TPSA) is 55.4 Å². The molecule has 23 heavy (non-hydrogen) atoms. The maximum absolute atomic E-state index is 12.4. The standard InChI is InChI=1S/C19H35NO3/c1-3-23-19(22)18(15-20-16(2)21)17-13-11-9-7-5-4-6-8-10-12-14-17/h17-18H,3-15H2,1-2H3,(H,20,21). The van der Waals surface area contributed by atoms with Crippen molar-refractivity contribution in [2.75, 3.05) is 13.2 Å². The van der Waals surface area contributed by atoms with Crippen LogP contribution in [0.2, 0.25) is 0 Å². The minimum absolute atomic E-state index is 0.0764. The second kappa shape index (κ2) is 12.4. The van der Waals surface area contributed by atoms with Gasteiger partial charge in [-0.05, 0) is 25.7 Å². The summed E-state index contributed by atoms with van der Waals surface area (Å²) in [5.41, 5.74) is 0. The van der Waals surface area contributed by atoms with Crippen LogP contribution in [0.3, 0.4) is 0 Å². The highest BCUT2D eigenvalue weighted by Gasteiger charge is 2.29. The van der Waals surface area contributed by atoms with Crippen molar-refractivity contribution in [3.63, 3.8) is 0 Å². The molecule has 0 aromatic carbocycles. The van der Waals surface area contributed by atoms with Gasteiger partial charge in [0.2, 0.25) is 5.91 Å². The quantitative estimate of drug-likeness (QED) is 0.770. The molecule has 0 aliphatic heterocycles. The number of nitrogens with one attached hydrogen (secondary N) is 1. The largest absolute Gasteiger partial charge is 0.466 e. The van der Waals surface area contributed by atoms with E-state index in [1.165, 1.54) is 64.7 Å². The minimum atomic E-state index is -0.193. The molecule has 134 valence electrons. The molecule has 1 fully saturated rings. The number of hydrogen-bond donors (Lipinski definition) is 1. The van der Waals surface area contributed by atoms with Gasteiger partial charge in [0, 0.05) is 13.5 Å². The van der Waals surface area contributed by atoms with Crippen molar-refractivity contribution in [3.8, 4) is 0 Å². The molecular weight excluding hydrogens is 290 g/mol. The van der Waals surface area contributed by atoms with E-state index in [2.05, 4.69) is 5.32 Å². The van der Waals surface area contributed by atoms with Crippen LogP contribution < -0.4 is 5.32 Å². The number of ether oxygens (including phenoxy) is 1. The molecule has 0 bridgehead atoms. The van der Waals surface area contributed by atoms with Crippen molar-refractivity contribution in [1.29, 1.82) is 0 Å². The molecule has 1 rings (SSSR count). The number of carbonyl (C=O) groups excluding carboxylic acids is 2. The third kappa shape index (κ3) is 8.97. The summed E-state index contributed by atoms with van der Waals surface area (Å²) in [5, 5.41) is 2.83. The zero-order valence-electron chi connectivity index (χ0n) is 15.1. The Labute approximate surface area is 141 Å². The van der Waals surface area contributed by atoms with Crippen molar-refractivity contribution in [3.05, 3.63) is 0 Å². The monoisotopic (exact) mass is 325 g/mol. The van der Waals surface area contributed by atoms with Gasteiger partial charge in [0.15, 0.2) is 0 Å². The van der Waals surface area contributed by atoms with Crippen molar-refractivity contribution in [2.24, 2.45) is 11.8 Å². The van der Waals surface area contributed by atoms with Crippen LogP contribution in [0.5, 0.6) is 0 Å². The molecule has 1 saturated carbocycles. The van der Waals surface area contributed by atoms with Gasteiger partial charge in [-0.2, -0.15) is 0 Å². The fraction of sp³-hybridized carbons (Fsp3) is 0.895. The number of esters is 1. The van der Waals surface area contributed by atoms with Gasteiger partial charge in [-0.1, -0.05) is 57.8 Å². The Kier molecular flexibility index (Phi) is 10.8. The molecular formula is C19H35NO3. The Morgan fingerprint density at radius 2 is 1.43 bits per heavy atom. The van der Waals surface area contributed by atoms with Crippen molar-refractivity contribution in [1.82, 2.24) is 5.32 Å². The zero-order chi connectivity index (χ0) is 16.9. The lowest BCUT2D eigenvalue weighted by Gasteiger charge is -2.26. The molecule has 0 spiro atoms.